The molecular formula is C28H38O6. The van der Waals surface area contributed by atoms with Crippen molar-refractivity contribution in [3.8, 4) is 5.75 Å². The predicted molar refractivity (Wildman–Crippen MR) is 128 cm³/mol. The minimum Gasteiger partial charge on any atom is -0.507 e. The molecule has 2 fully saturated rings. The van der Waals surface area contributed by atoms with Crippen LogP contribution in [0.3, 0.4) is 0 Å². The minimum absolute atomic E-state index is 0.0128. The van der Waals surface area contributed by atoms with Crippen LogP contribution in [0.1, 0.15) is 71.1 Å². The van der Waals surface area contributed by atoms with Crippen molar-refractivity contribution in [3.63, 3.8) is 0 Å². The summed E-state index contributed by atoms with van der Waals surface area (Å²) in [5.41, 5.74) is 0.897. The zero-order valence-corrected chi connectivity index (χ0v) is 20.9. The molecular weight excluding hydrogens is 432 g/mol. The highest BCUT2D eigenvalue weighted by atomic mass is 16.6. The van der Waals surface area contributed by atoms with Crippen LogP contribution in [0.15, 0.2) is 38.6 Å². The molecule has 4 aliphatic rings. The topological polar surface area (TPSA) is 103 Å². The van der Waals surface area contributed by atoms with Crippen molar-refractivity contribution in [2.24, 2.45) is 22.7 Å². The molecule has 3 N–H and O–H groups in total. The lowest BCUT2D eigenvalue weighted by Gasteiger charge is -2.57. The summed E-state index contributed by atoms with van der Waals surface area (Å²) in [6.07, 6.45) is 7.05. The molecule has 0 spiro atoms. The Hall–Kier alpha value is -1.89. The molecule has 0 amide bonds. The molecule has 0 radical (unpaired) electrons. The largest absolute Gasteiger partial charge is 0.507 e. The fraction of sp³-hybridized carbons (Fsp3) is 0.679. The normalized spacial score (nSPS) is 40.6. The summed E-state index contributed by atoms with van der Waals surface area (Å²) in [7, 11) is 0. The van der Waals surface area contributed by atoms with Gasteiger partial charge in [0.25, 0.3) is 0 Å². The van der Waals surface area contributed by atoms with E-state index in [0.29, 0.717) is 23.7 Å². The second-order valence-corrected chi connectivity index (χ2v) is 12.2. The average Bonchev–Trinajstić information content (AvgIpc) is 3.47. The Balaban J connectivity index is 1.42. The standard InChI is InChI=1S/C28H38O6/c1-15-7-8-21-26(3,4)9-6-10-27(21,5)19(15)14-28-22(30)13-17(23(31)24(28)34-28)12-18-20(29)11-16(2)33-25(18)32/h7,11,13,19,21-24,29-31H,6,8-10,12,14H2,1-5H3/t19-,21-,22+,23-,24+,27+,28-/m0/s1. The third-order valence-electron chi connectivity index (χ3n) is 9.66. The lowest BCUT2D eigenvalue weighted by atomic mass is 9.47. The van der Waals surface area contributed by atoms with Crippen LogP contribution in [-0.2, 0) is 11.2 Å². The van der Waals surface area contributed by atoms with Gasteiger partial charge in [-0.25, -0.2) is 4.79 Å². The molecule has 1 aliphatic heterocycles. The quantitative estimate of drug-likeness (QED) is 0.450. The average molecular weight is 471 g/mol. The van der Waals surface area contributed by atoms with Gasteiger partial charge in [-0.2, -0.15) is 0 Å². The Labute approximate surface area is 201 Å². The van der Waals surface area contributed by atoms with E-state index in [1.165, 1.54) is 30.9 Å². The van der Waals surface area contributed by atoms with Crippen molar-refractivity contribution in [1.82, 2.24) is 0 Å². The van der Waals surface area contributed by atoms with Gasteiger partial charge in [0.15, 0.2) is 0 Å². The number of hydrogen-bond acceptors (Lipinski definition) is 6. The fourth-order valence-electron chi connectivity index (χ4n) is 7.70. The summed E-state index contributed by atoms with van der Waals surface area (Å²) in [5, 5.41) is 32.6. The van der Waals surface area contributed by atoms with Crippen LogP contribution in [0, 0.1) is 29.6 Å². The van der Waals surface area contributed by atoms with Gasteiger partial charge in [0, 0.05) is 12.5 Å². The number of fused-ring (bicyclic) bond motifs is 2. The Morgan fingerprint density at radius 1 is 1.15 bits per heavy atom. The number of allylic oxidation sites excluding steroid dienone is 2. The van der Waals surface area contributed by atoms with Gasteiger partial charge in [-0.1, -0.05) is 44.9 Å². The van der Waals surface area contributed by atoms with Crippen molar-refractivity contribution < 1.29 is 24.5 Å². The van der Waals surface area contributed by atoms with Gasteiger partial charge >= 0.3 is 5.63 Å². The molecule has 1 saturated carbocycles. The van der Waals surface area contributed by atoms with Crippen molar-refractivity contribution in [3.05, 3.63) is 51.1 Å². The number of aliphatic hydroxyl groups is 2. The fourth-order valence-corrected chi connectivity index (χ4v) is 7.70. The van der Waals surface area contributed by atoms with Crippen LogP contribution in [-0.4, -0.2) is 39.2 Å². The molecule has 3 aliphatic carbocycles. The van der Waals surface area contributed by atoms with Crippen molar-refractivity contribution in [2.75, 3.05) is 0 Å². The van der Waals surface area contributed by atoms with E-state index in [2.05, 4.69) is 33.8 Å². The molecule has 6 heteroatoms. The lowest BCUT2D eigenvalue weighted by molar-refractivity contribution is -0.0505. The maximum absolute atomic E-state index is 12.3. The van der Waals surface area contributed by atoms with Crippen molar-refractivity contribution >= 4 is 0 Å². The first-order valence-corrected chi connectivity index (χ1v) is 12.6. The van der Waals surface area contributed by atoms with Gasteiger partial charge in [0.05, 0.1) is 5.56 Å². The van der Waals surface area contributed by atoms with Crippen LogP contribution < -0.4 is 5.63 Å². The zero-order chi connectivity index (χ0) is 24.6. The summed E-state index contributed by atoms with van der Waals surface area (Å²) < 4.78 is 11.2. The first kappa shape index (κ1) is 23.8. The number of aromatic hydroxyl groups is 1. The Morgan fingerprint density at radius 2 is 1.88 bits per heavy atom. The van der Waals surface area contributed by atoms with Crippen LogP contribution in [0.2, 0.25) is 0 Å². The van der Waals surface area contributed by atoms with Crippen molar-refractivity contribution in [2.45, 2.75) is 97.1 Å². The van der Waals surface area contributed by atoms with E-state index in [-0.39, 0.29) is 34.5 Å². The second-order valence-electron chi connectivity index (χ2n) is 12.2. The maximum Gasteiger partial charge on any atom is 0.343 e. The predicted octanol–water partition coefficient (Wildman–Crippen LogP) is 4.18. The van der Waals surface area contributed by atoms with Gasteiger partial charge < -0.3 is 24.5 Å². The highest BCUT2D eigenvalue weighted by Crippen LogP contribution is 2.63. The number of ether oxygens (including phenoxy) is 1. The zero-order valence-electron chi connectivity index (χ0n) is 20.9. The number of hydrogen-bond donors (Lipinski definition) is 3. The van der Waals surface area contributed by atoms with Crippen LogP contribution in [0.4, 0.5) is 0 Å². The molecule has 6 nitrogen and oxygen atoms in total. The third kappa shape index (κ3) is 3.52. The number of aliphatic hydroxyl groups excluding tert-OH is 2. The highest BCUT2D eigenvalue weighted by molar-refractivity contribution is 5.39. The molecule has 0 bridgehead atoms. The van der Waals surface area contributed by atoms with E-state index in [9.17, 15) is 20.1 Å². The van der Waals surface area contributed by atoms with Gasteiger partial charge in [-0.3, -0.25) is 0 Å². The van der Waals surface area contributed by atoms with Crippen LogP contribution in [0.25, 0.3) is 0 Å². The summed E-state index contributed by atoms with van der Waals surface area (Å²) >= 11 is 0. The number of epoxide rings is 1. The Kier molecular flexibility index (Phi) is 5.47. The van der Waals surface area contributed by atoms with E-state index < -0.39 is 29.5 Å². The van der Waals surface area contributed by atoms with E-state index >= 15 is 0 Å². The SMILES string of the molecule is CC1=CC[C@H]2C(C)(C)CCC[C@]2(C)[C@H]1C[C@@]12O[C@@H]1[C@@H](O)C(Cc1c(O)cc(C)oc1=O)=C[C@H]2O. The minimum atomic E-state index is -0.942. The van der Waals surface area contributed by atoms with Gasteiger partial charge in [-0.15, -0.1) is 0 Å². The van der Waals surface area contributed by atoms with Crippen molar-refractivity contribution in [1.29, 1.82) is 0 Å². The van der Waals surface area contributed by atoms with Crippen LogP contribution >= 0.6 is 0 Å². The number of aryl methyl sites for hydroxylation is 1. The summed E-state index contributed by atoms with van der Waals surface area (Å²) in [5.74, 6) is 1.02. The molecule has 0 unspecified atom stereocenters. The van der Waals surface area contributed by atoms with Gasteiger partial charge in [-0.05, 0) is 67.8 Å². The second kappa shape index (κ2) is 7.81. The lowest BCUT2D eigenvalue weighted by Crippen LogP contribution is -2.51. The van der Waals surface area contributed by atoms with E-state index in [1.54, 1.807) is 13.0 Å². The molecule has 5 rings (SSSR count). The number of rotatable bonds is 4. The maximum atomic E-state index is 12.3. The smallest absolute Gasteiger partial charge is 0.343 e. The molecule has 1 saturated heterocycles. The summed E-state index contributed by atoms with van der Waals surface area (Å²) in [4.78, 5) is 12.3. The van der Waals surface area contributed by atoms with E-state index in [4.69, 9.17) is 9.15 Å². The van der Waals surface area contributed by atoms with E-state index in [0.717, 1.165) is 6.42 Å². The Bertz CT molecular complexity index is 1110. The molecule has 1 aromatic rings. The van der Waals surface area contributed by atoms with Gasteiger partial charge in [0.2, 0.25) is 0 Å². The highest BCUT2D eigenvalue weighted by Gasteiger charge is 2.68. The summed E-state index contributed by atoms with van der Waals surface area (Å²) in [6, 6.07) is 1.39. The molecule has 34 heavy (non-hydrogen) atoms. The molecule has 2 heterocycles. The molecule has 186 valence electrons. The first-order chi connectivity index (χ1) is 15.9. The monoisotopic (exact) mass is 470 g/mol. The molecule has 7 atom stereocenters. The van der Waals surface area contributed by atoms with Crippen LogP contribution in [0.5, 0.6) is 5.75 Å². The van der Waals surface area contributed by atoms with E-state index in [1.807, 2.05) is 0 Å². The third-order valence-corrected chi connectivity index (χ3v) is 9.66. The molecule has 0 aromatic carbocycles. The summed E-state index contributed by atoms with van der Waals surface area (Å²) in [6.45, 7) is 11.0. The Morgan fingerprint density at radius 3 is 2.59 bits per heavy atom. The first-order valence-electron chi connectivity index (χ1n) is 12.6. The molecule has 1 aromatic heterocycles. The van der Waals surface area contributed by atoms with Gasteiger partial charge in [0.1, 0.15) is 35.4 Å².